The first kappa shape index (κ1) is 20.5. The summed E-state index contributed by atoms with van der Waals surface area (Å²) in [6, 6.07) is 14.9. The topological polar surface area (TPSA) is 72.7 Å². The second-order valence-corrected chi connectivity index (χ2v) is 8.53. The van der Waals surface area contributed by atoms with Crippen molar-refractivity contribution < 1.29 is 4.79 Å². The molecular formula is C21H17Cl2N5OS. The second kappa shape index (κ2) is 8.55. The predicted molar refractivity (Wildman–Crippen MR) is 120 cm³/mol. The number of carbonyl (C=O) groups excluding carboxylic acids is 1. The van der Waals surface area contributed by atoms with Crippen LogP contribution in [0.3, 0.4) is 0 Å². The van der Waals surface area contributed by atoms with E-state index in [0.29, 0.717) is 33.0 Å². The quantitative estimate of drug-likeness (QED) is 0.429. The van der Waals surface area contributed by atoms with Gasteiger partial charge in [-0.15, -0.1) is 16.4 Å². The summed E-state index contributed by atoms with van der Waals surface area (Å²) in [4.78, 5) is 18.3. The number of hydrogen-bond donors (Lipinski definition) is 1. The number of hydrogen-bond acceptors (Lipinski definition) is 5. The maximum atomic E-state index is 12.8. The highest BCUT2D eigenvalue weighted by molar-refractivity contribution is 7.15. The molecule has 0 aliphatic heterocycles. The molecule has 0 aliphatic rings. The van der Waals surface area contributed by atoms with Crippen molar-refractivity contribution in [2.75, 3.05) is 5.32 Å². The van der Waals surface area contributed by atoms with E-state index in [-0.39, 0.29) is 11.6 Å². The van der Waals surface area contributed by atoms with Crippen LogP contribution in [-0.2, 0) is 6.42 Å². The van der Waals surface area contributed by atoms with E-state index in [2.05, 4.69) is 20.6 Å². The Bertz CT molecular complexity index is 1230. The first-order valence-corrected chi connectivity index (χ1v) is 10.7. The summed E-state index contributed by atoms with van der Waals surface area (Å²) in [5.41, 5.74) is 3.34. The van der Waals surface area contributed by atoms with Gasteiger partial charge in [0.1, 0.15) is 0 Å². The molecule has 0 bridgehead atoms. The number of halogens is 2. The van der Waals surface area contributed by atoms with E-state index in [1.807, 2.05) is 49.4 Å². The average Bonchev–Trinajstić information content (AvgIpc) is 3.26. The zero-order chi connectivity index (χ0) is 21.3. The summed E-state index contributed by atoms with van der Waals surface area (Å²) in [6.45, 7) is 3.69. The number of para-hydroxylation sites is 1. The minimum atomic E-state index is -0.371. The zero-order valence-electron chi connectivity index (χ0n) is 16.2. The van der Waals surface area contributed by atoms with Gasteiger partial charge in [-0.2, -0.15) is 0 Å². The highest BCUT2D eigenvalue weighted by Gasteiger charge is 2.20. The lowest BCUT2D eigenvalue weighted by atomic mass is 10.1. The number of rotatable bonds is 5. The number of carbonyl (C=O) groups is 1. The van der Waals surface area contributed by atoms with Crippen LogP contribution in [0.1, 0.15) is 32.3 Å². The van der Waals surface area contributed by atoms with Crippen LogP contribution in [0.2, 0.25) is 10.0 Å². The van der Waals surface area contributed by atoms with Crippen LogP contribution >= 0.6 is 34.5 Å². The van der Waals surface area contributed by atoms with Crippen LogP contribution < -0.4 is 5.32 Å². The lowest BCUT2D eigenvalue weighted by molar-refractivity contribution is 0.102. The van der Waals surface area contributed by atoms with E-state index in [0.717, 1.165) is 16.1 Å². The molecule has 2 heterocycles. The Hall–Kier alpha value is -2.74. The normalized spacial score (nSPS) is 10.9. The molecule has 30 heavy (non-hydrogen) atoms. The molecule has 4 rings (SSSR count). The molecule has 0 atom stereocenters. The Morgan fingerprint density at radius 2 is 1.77 bits per heavy atom. The second-order valence-electron chi connectivity index (χ2n) is 6.64. The maximum Gasteiger partial charge on any atom is 0.279 e. The summed E-state index contributed by atoms with van der Waals surface area (Å²) in [6.07, 6.45) is 0.654. The van der Waals surface area contributed by atoms with Crippen LogP contribution in [-0.4, -0.2) is 25.9 Å². The molecule has 0 spiro atoms. The van der Waals surface area contributed by atoms with Gasteiger partial charge in [-0.25, -0.2) is 9.67 Å². The van der Waals surface area contributed by atoms with E-state index >= 15 is 0 Å². The van der Waals surface area contributed by atoms with Crippen molar-refractivity contribution in [2.45, 2.75) is 20.3 Å². The third-order valence-corrected chi connectivity index (χ3v) is 6.37. The SMILES string of the molecule is Cc1nc(NC(=O)c2nnn(-c3ccccc3Cl)c2C)sc1Cc1ccccc1Cl. The molecule has 1 N–H and O–H groups in total. The largest absolute Gasteiger partial charge is 0.296 e. The Morgan fingerprint density at radius 3 is 2.50 bits per heavy atom. The van der Waals surface area contributed by atoms with Gasteiger partial charge in [-0.3, -0.25) is 10.1 Å². The highest BCUT2D eigenvalue weighted by Crippen LogP contribution is 2.28. The first-order chi connectivity index (χ1) is 14.4. The summed E-state index contributed by atoms with van der Waals surface area (Å²) >= 11 is 13.9. The van der Waals surface area contributed by atoms with Crippen LogP contribution in [0.5, 0.6) is 0 Å². The number of anilines is 1. The van der Waals surface area contributed by atoms with Crippen molar-refractivity contribution in [3.8, 4) is 5.69 Å². The Labute approximate surface area is 187 Å². The van der Waals surface area contributed by atoms with Crippen molar-refractivity contribution in [3.63, 3.8) is 0 Å². The van der Waals surface area contributed by atoms with Gasteiger partial charge in [0, 0.05) is 16.3 Å². The molecule has 0 radical (unpaired) electrons. The summed E-state index contributed by atoms with van der Waals surface area (Å²) in [5.74, 6) is -0.371. The van der Waals surface area contributed by atoms with E-state index in [4.69, 9.17) is 23.2 Å². The third-order valence-electron chi connectivity index (χ3n) is 4.61. The molecular weight excluding hydrogens is 441 g/mol. The molecule has 1 amide bonds. The van der Waals surface area contributed by atoms with Gasteiger partial charge in [0.2, 0.25) is 0 Å². The molecule has 2 aromatic carbocycles. The van der Waals surface area contributed by atoms with Crippen molar-refractivity contribution in [1.82, 2.24) is 20.0 Å². The Kier molecular flexibility index (Phi) is 5.85. The van der Waals surface area contributed by atoms with Crippen molar-refractivity contribution in [3.05, 3.63) is 86.1 Å². The van der Waals surface area contributed by atoms with Gasteiger partial charge in [-0.1, -0.05) is 58.7 Å². The van der Waals surface area contributed by atoms with Crippen LogP contribution in [0.4, 0.5) is 5.13 Å². The minimum absolute atomic E-state index is 0.218. The molecule has 0 unspecified atom stereocenters. The summed E-state index contributed by atoms with van der Waals surface area (Å²) in [5, 5.41) is 12.7. The summed E-state index contributed by atoms with van der Waals surface area (Å²) in [7, 11) is 0. The summed E-state index contributed by atoms with van der Waals surface area (Å²) < 4.78 is 1.55. The minimum Gasteiger partial charge on any atom is -0.296 e. The number of aryl methyl sites for hydroxylation is 1. The monoisotopic (exact) mass is 457 g/mol. The van der Waals surface area contributed by atoms with Crippen LogP contribution in [0.15, 0.2) is 48.5 Å². The fourth-order valence-electron chi connectivity index (χ4n) is 3.01. The van der Waals surface area contributed by atoms with Gasteiger partial charge in [0.25, 0.3) is 5.91 Å². The molecule has 2 aromatic heterocycles. The molecule has 0 saturated carbocycles. The van der Waals surface area contributed by atoms with Gasteiger partial charge < -0.3 is 0 Å². The van der Waals surface area contributed by atoms with Crippen LogP contribution in [0, 0.1) is 13.8 Å². The van der Waals surface area contributed by atoms with Crippen LogP contribution in [0.25, 0.3) is 5.69 Å². The molecule has 0 fully saturated rings. The van der Waals surface area contributed by atoms with E-state index < -0.39 is 0 Å². The molecule has 0 saturated heterocycles. The highest BCUT2D eigenvalue weighted by atomic mass is 35.5. The number of nitrogens with one attached hydrogen (secondary N) is 1. The molecule has 4 aromatic rings. The third kappa shape index (κ3) is 4.09. The first-order valence-electron chi connectivity index (χ1n) is 9.12. The number of amides is 1. The lowest BCUT2D eigenvalue weighted by Gasteiger charge is -2.05. The fourth-order valence-corrected chi connectivity index (χ4v) is 4.41. The smallest absolute Gasteiger partial charge is 0.279 e. The molecule has 152 valence electrons. The fraction of sp³-hybridized carbons (Fsp3) is 0.143. The van der Waals surface area contributed by atoms with Gasteiger partial charge in [0.15, 0.2) is 10.8 Å². The Morgan fingerprint density at radius 1 is 1.07 bits per heavy atom. The number of nitrogens with zero attached hydrogens (tertiary/aromatic N) is 4. The maximum absolute atomic E-state index is 12.8. The number of benzene rings is 2. The molecule has 9 heteroatoms. The lowest BCUT2D eigenvalue weighted by Crippen LogP contribution is -2.14. The molecule has 0 aliphatic carbocycles. The van der Waals surface area contributed by atoms with E-state index in [1.165, 1.54) is 11.3 Å². The van der Waals surface area contributed by atoms with Gasteiger partial charge in [0.05, 0.1) is 22.1 Å². The predicted octanol–water partition coefficient (Wildman–Crippen LogP) is 5.49. The Balaban J connectivity index is 1.54. The van der Waals surface area contributed by atoms with Gasteiger partial charge >= 0.3 is 0 Å². The number of aromatic nitrogens is 4. The number of thiazole rings is 1. The van der Waals surface area contributed by atoms with Crippen molar-refractivity contribution >= 4 is 45.6 Å². The van der Waals surface area contributed by atoms with E-state index in [9.17, 15) is 4.79 Å². The zero-order valence-corrected chi connectivity index (χ0v) is 18.5. The van der Waals surface area contributed by atoms with Crippen molar-refractivity contribution in [2.24, 2.45) is 0 Å². The standard InChI is InChI=1S/C21H17Cl2N5OS/c1-12-18(11-14-7-3-4-8-15(14)22)30-21(24-12)25-20(29)19-13(2)28(27-26-19)17-10-6-5-9-16(17)23/h3-10H,11H2,1-2H3,(H,24,25,29). The molecule has 6 nitrogen and oxygen atoms in total. The van der Waals surface area contributed by atoms with Gasteiger partial charge in [-0.05, 0) is 37.6 Å². The van der Waals surface area contributed by atoms with Crippen molar-refractivity contribution in [1.29, 1.82) is 0 Å². The average molecular weight is 458 g/mol. The van der Waals surface area contributed by atoms with E-state index in [1.54, 1.807) is 17.7 Å².